The Morgan fingerprint density at radius 2 is 1.65 bits per heavy atom. The molecule has 9 heteroatoms. The summed E-state index contributed by atoms with van der Waals surface area (Å²) in [5.74, 6) is -1.96. The first-order valence-corrected chi connectivity index (χ1v) is 10.5. The molecule has 1 fully saturated rings. The lowest BCUT2D eigenvalue weighted by atomic mass is 9.74. The van der Waals surface area contributed by atoms with E-state index in [1.165, 1.54) is 0 Å². The van der Waals surface area contributed by atoms with Gasteiger partial charge in [0.1, 0.15) is 12.1 Å². The Labute approximate surface area is 182 Å². The van der Waals surface area contributed by atoms with Crippen molar-refractivity contribution in [1.82, 2.24) is 10.6 Å². The van der Waals surface area contributed by atoms with Crippen LogP contribution in [0.25, 0.3) is 0 Å². The summed E-state index contributed by atoms with van der Waals surface area (Å²) in [6.45, 7) is 3.83. The minimum Gasteiger partial charge on any atom is -0.426 e. The van der Waals surface area contributed by atoms with E-state index in [-0.39, 0.29) is 10.8 Å². The summed E-state index contributed by atoms with van der Waals surface area (Å²) in [6, 6.07) is 15.4. The fourth-order valence-corrected chi connectivity index (χ4v) is 4.35. The number of nitro groups is 1. The van der Waals surface area contributed by atoms with Gasteiger partial charge in [0.2, 0.25) is 11.9 Å². The fourth-order valence-electron chi connectivity index (χ4n) is 4.35. The van der Waals surface area contributed by atoms with Gasteiger partial charge in [-0.3, -0.25) is 20.2 Å². The Balaban J connectivity index is 1.98. The Morgan fingerprint density at radius 1 is 1.10 bits per heavy atom. The molecule has 0 bridgehead atoms. The molecule has 1 amide bonds. The zero-order chi connectivity index (χ0) is 22.5. The van der Waals surface area contributed by atoms with E-state index in [9.17, 15) is 25.0 Å². The van der Waals surface area contributed by atoms with Gasteiger partial charge in [0.15, 0.2) is 0 Å². The first kappa shape index (κ1) is 22.9. The number of benzene rings is 2. The SMILES string of the molecule is CC(C)C[C@H](NC(=O)[C@@H]1N[C@H](c2ccccc2)[C@H]([N+](=O)[O-])[C@H]1c1ccccc1)B(O)O. The number of rotatable bonds is 8. The predicted octanol–water partition coefficient (Wildman–Crippen LogP) is 1.67. The molecule has 2 aromatic carbocycles. The van der Waals surface area contributed by atoms with E-state index < -0.39 is 43.0 Å². The van der Waals surface area contributed by atoms with Crippen molar-refractivity contribution in [2.24, 2.45) is 5.92 Å². The molecular formula is C22H28BN3O5. The van der Waals surface area contributed by atoms with E-state index in [0.717, 1.165) is 5.56 Å². The first-order chi connectivity index (χ1) is 14.8. The van der Waals surface area contributed by atoms with Crippen LogP contribution in [0.1, 0.15) is 43.4 Å². The van der Waals surface area contributed by atoms with Crippen LogP contribution in [0.5, 0.6) is 0 Å². The number of hydrogen-bond donors (Lipinski definition) is 4. The van der Waals surface area contributed by atoms with Gasteiger partial charge >= 0.3 is 7.12 Å². The summed E-state index contributed by atoms with van der Waals surface area (Å²) in [6.07, 6.45) is 0.368. The largest absolute Gasteiger partial charge is 0.475 e. The highest BCUT2D eigenvalue weighted by molar-refractivity contribution is 6.43. The molecule has 1 aliphatic rings. The van der Waals surface area contributed by atoms with Crippen LogP contribution in [0, 0.1) is 16.0 Å². The van der Waals surface area contributed by atoms with Gasteiger partial charge < -0.3 is 15.4 Å². The Kier molecular flexibility index (Phi) is 7.43. The van der Waals surface area contributed by atoms with E-state index >= 15 is 0 Å². The summed E-state index contributed by atoms with van der Waals surface area (Å²) >= 11 is 0. The van der Waals surface area contributed by atoms with Gasteiger partial charge in [-0.2, -0.15) is 0 Å². The lowest BCUT2D eigenvalue weighted by molar-refractivity contribution is -0.527. The van der Waals surface area contributed by atoms with Crippen LogP contribution in [-0.4, -0.2) is 46.0 Å². The van der Waals surface area contributed by atoms with Crippen LogP contribution in [0.3, 0.4) is 0 Å². The molecule has 1 heterocycles. The highest BCUT2D eigenvalue weighted by Gasteiger charge is 2.54. The highest BCUT2D eigenvalue weighted by atomic mass is 16.6. The van der Waals surface area contributed by atoms with Crippen molar-refractivity contribution in [3.63, 3.8) is 0 Å². The highest BCUT2D eigenvalue weighted by Crippen LogP contribution is 2.40. The molecular weight excluding hydrogens is 397 g/mol. The Morgan fingerprint density at radius 3 is 2.13 bits per heavy atom. The maximum absolute atomic E-state index is 13.3. The summed E-state index contributed by atoms with van der Waals surface area (Å²) in [4.78, 5) is 25.1. The lowest BCUT2D eigenvalue weighted by Gasteiger charge is -2.24. The topological polar surface area (TPSA) is 125 Å². The summed E-state index contributed by atoms with van der Waals surface area (Å²) in [5.41, 5.74) is 1.40. The Hall–Kier alpha value is -2.75. The van der Waals surface area contributed by atoms with Crippen LogP contribution < -0.4 is 10.6 Å². The second kappa shape index (κ2) is 10.0. The van der Waals surface area contributed by atoms with Gasteiger partial charge in [-0.25, -0.2) is 0 Å². The number of carbonyl (C=O) groups is 1. The Bertz CT molecular complexity index is 881. The molecule has 3 rings (SSSR count). The molecule has 0 saturated carbocycles. The molecule has 1 saturated heterocycles. The second-order valence-electron chi connectivity index (χ2n) is 8.40. The third-order valence-corrected chi connectivity index (χ3v) is 5.71. The monoisotopic (exact) mass is 425 g/mol. The van der Waals surface area contributed by atoms with Crippen LogP contribution in [-0.2, 0) is 4.79 Å². The number of nitrogens with zero attached hydrogens (tertiary/aromatic N) is 1. The molecule has 2 aromatic rings. The molecule has 0 spiro atoms. The van der Waals surface area contributed by atoms with E-state index in [4.69, 9.17) is 0 Å². The third-order valence-electron chi connectivity index (χ3n) is 5.71. The van der Waals surface area contributed by atoms with Crippen molar-refractivity contribution in [1.29, 1.82) is 0 Å². The molecule has 1 aliphatic heterocycles. The molecule has 4 N–H and O–H groups in total. The normalized spacial score (nSPS) is 24.0. The van der Waals surface area contributed by atoms with Crippen molar-refractivity contribution in [3.8, 4) is 0 Å². The van der Waals surface area contributed by atoms with Crippen LogP contribution in [0.15, 0.2) is 60.7 Å². The van der Waals surface area contributed by atoms with Crippen molar-refractivity contribution < 1.29 is 19.8 Å². The van der Waals surface area contributed by atoms with Crippen LogP contribution in [0.4, 0.5) is 0 Å². The van der Waals surface area contributed by atoms with E-state index in [1.54, 1.807) is 48.5 Å². The predicted molar refractivity (Wildman–Crippen MR) is 118 cm³/mol. The van der Waals surface area contributed by atoms with Gasteiger partial charge in [0.25, 0.3) is 0 Å². The van der Waals surface area contributed by atoms with Gasteiger partial charge in [0, 0.05) is 4.92 Å². The zero-order valence-electron chi connectivity index (χ0n) is 17.6. The minimum absolute atomic E-state index is 0.122. The van der Waals surface area contributed by atoms with E-state index in [2.05, 4.69) is 10.6 Å². The quantitative estimate of drug-likeness (QED) is 0.290. The number of hydrogen-bond acceptors (Lipinski definition) is 6. The van der Waals surface area contributed by atoms with Gasteiger partial charge in [-0.1, -0.05) is 74.5 Å². The van der Waals surface area contributed by atoms with E-state index in [1.807, 2.05) is 26.0 Å². The zero-order valence-corrected chi connectivity index (χ0v) is 17.6. The van der Waals surface area contributed by atoms with Crippen LogP contribution >= 0.6 is 0 Å². The molecule has 0 aliphatic carbocycles. The number of nitrogens with one attached hydrogen (secondary N) is 2. The fraction of sp³-hybridized carbons (Fsp3) is 0.409. The molecule has 5 atom stereocenters. The maximum atomic E-state index is 13.3. The van der Waals surface area contributed by atoms with Gasteiger partial charge in [-0.15, -0.1) is 0 Å². The molecule has 31 heavy (non-hydrogen) atoms. The average Bonchev–Trinajstić information content (AvgIpc) is 3.15. The molecule has 0 unspecified atom stereocenters. The van der Waals surface area contributed by atoms with Crippen molar-refractivity contribution in [2.75, 3.05) is 0 Å². The molecule has 164 valence electrons. The average molecular weight is 425 g/mol. The summed E-state index contributed by atoms with van der Waals surface area (Å²) in [7, 11) is -1.72. The van der Waals surface area contributed by atoms with Gasteiger partial charge in [-0.05, 0) is 23.5 Å². The van der Waals surface area contributed by atoms with Crippen molar-refractivity contribution >= 4 is 13.0 Å². The number of carbonyl (C=O) groups excluding carboxylic acids is 1. The standard InChI is InChI=1S/C22H28BN3O5/c1-14(2)13-17(23(28)29)24-22(27)20-18(15-9-5-3-6-10-15)21(26(30)31)19(25-20)16-11-7-4-8-12-16/h3-12,14,17-21,25,28-29H,13H2,1-2H3,(H,24,27)/t17-,18-,19+,20+,21+/m0/s1. The summed E-state index contributed by atoms with van der Waals surface area (Å²) < 4.78 is 0. The minimum atomic E-state index is -1.72. The molecule has 8 nitrogen and oxygen atoms in total. The maximum Gasteiger partial charge on any atom is 0.475 e. The third kappa shape index (κ3) is 5.30. The summed E-state index contributed by atoms with van der Waals surface area (Å²) in [5, 5.41) is 37.5. The van der Waals surface area contributed by atoms with Crippen molar-refractivity contribution in [2.45, 2.75) is 50.3 Å². The second-order valence-corrected chi connectivity index (χ2v) is 8.40. The van der Waals surface area contributed by atoms with Crippen LogP contribution in [0.2, 0.25) is 0 Å². The smallest absolute Gasteiger partial charge is 0.426 e. The molecule has 0 radical (unpaired) electrons. The van der Waals surface area contributed by atoms with Crippen molar-refractivity contribution in [3.05, 3.63) is 81.9 Å². The van der Waals surface area contributed by atoms with E-state index in [0.29, 0.717) is 12.0 Å². The first-order valence-electron chi connectivity index (χ1n) is 10.5. The lowest BCUT2D eigenvalue weighted by Crippen LogP contribution is -2.53. The number of amides is 1. The van der Waals surface area contributed by atoms with Gasteiger partial charge in [0.05, 0.1) is 11.9 Å². The molecule has 0 aromatic heterocycles.